The van der Waals surface area contributed by atoms with Gasteiger partial charge in [-0.15, -0.1) is 0 Å². The number of alkyl halides is 3. The smallest absolute Gasteiger partial charge is 0.422 e. The Balaban J connectivity index is 1.92. The van der Waals surface area contributed by atoms with Crippen LogP contribution in [-0.2, 0) is 0 Å². The number of ether oxygens (including phenoxy) is 1. The maximum absolute atomic E-state index is 12.1. The molecular weight excluding hydrogens is 283 g/mol. The van der Waals surface area contributed by atoms with E-state index in [0.29, 0.717) is 0 Å². The van der Waals surface area contributed by atoms with Gasteiger partial charge in [-0.05, 0) is 12.1 Å². The molecule has 1 aromatic carbocycles. The predicted octanol–water partition coefficient (Wildman–Crippen LogP) is 3.36. The molecule has 2 heterocycles. The highest BCUT2D eigenvalue weighted by atomic mass is 19.4. The van der Waals surface area contributed by atoms with Crippen LogP contribution in [-0.4, -0.2) is 27.3 Å². The summed E-state index contributed by atoms with van der Waals surface area (Å²) in [6.45, 7) is -1.38. The minimum atomic E-state index is -4.40. The van der Waals surface area contributed by atoms with E-state index in [1.165, 1.54) is 12.3 Å². The van der Waals surface area contributed by atoms with Gasteiger partial charge in [0, 0.05) is 23.8 Å². The van der Waals surface area contributed by atoms with Crippen LogP contribution >= 0.6 is 0 Å². The van der Waals surface area contributed by atoms with Crippen molar-refractivity contribution in [1.82, 2.24) is 14.5 Å². The average molecular weight is 293 g/mol. The van der Waals surface area contributed by atoms with Crippen LogP contribution in [0.5, 0.6) is 5.88 Å². The lowest BCUT2D eigenvalue weighted by Gasteiger charge is -2.09. The summed E-state index contributed by atoms with van der Waals surface area (Å²) in [5.74, 6) is 0.144. The van der Waals surface area contributed by atoms with Gasteiger partial charge in [-0.2, -0.15) is 18.2 Å². The van der Waals surface area contributed by atoms with Crippen LogP contribution in [0, 0.1) is 0 Å². The summed E-state index contributed by atoms with van der Waals surface area (Å²) in [6.07, 6.45) is -1.28. The maximum atomic E-state index is 12.1. The summed E-state index contributed by atoms with van der Waals surface area (Å²) in [6, 6.07) is 10.7. The zero-order valence-electron chi connectivity index (χ0n) is 10.7. The fraction of sp³-hybridized carbons (Fsp3) is 0.143. The third-order valence-electron chi connectivity index (χ3n) is 2.82. The summed E-state index contributed by atoms with van der Waals surface area (Å²) in [5.41, 5.74) is 0.866. The quantitative estimate of drug-likeness (QED) is 0.743. The van der Waals surface area contributed by atoms with Gasteiger partial charge in [0.05, 0.1) is 5.52 Å². The second kappa shape index (κ2) is 5.08. The Morgan fingerprint density at radius 2 is 1.90 bits per heavy atom. The standard InChI is InChI=1S/C14H10F3N3O/c15-14(16,17)9-21-12-5-7-18-13(19-12)20-8-6-10-3-1-2-4-11(10)20/h1-8H,9H2. The molecule has 4 nitrogen and oxygen atoms in total. The van der Waals surface area contributed by atoms with Crippen molar-refractivity contribution < 1.29 is 17.9 Å². The number of para-hydroxylation sites is 1. The van der Waals surface area contributed by atoms with E-state index in [-0.39, 0.29) is 11.8 Å². The fourth-order valence-electron chi connectivity index (χ4n) is 1.94. The van der Waals surface area contributed by atoms with Crippen molar-refractivity contribution in [2.45, 2.75) is 6.18 Å². The first kappa shape index (κ1) is 13.4. The van der Waals surface area contributed by atoms with E-state index in [9.17, 15) is 13.2 Å². The average Bonchev–Trinajstić information content (AvgIpc) is 2.89. The highest BCUT2D eigenvalue weighted by molar-refractivity contribution is 5.81. The number of hydrogen-bond donors (Lipinski definition) is 0. The number of halogens is 3. The van der Waals surface area contributed by atoms with Gasteiger partial charge in [-0.25, -0.2) is 4.98 Å². The van der Waals surface area contributed by atoms with Gasteiger partial charge >= 0.3 is 6.18 Å². The van der Waals surface area contributed by atoms with E-state index < -0.39 is 12.8 Å². The van der Waals surface area contributed by atoms with Crippen LogP contribution in [0.15, 0.2) is 48.8 Å². The summed E-state index contributed by atoms with van der Waals surface area (Å²) in [5, 5.41) is 0.989. The lowest BCUT2D eigenvalue weighted by Crippen LogP contribution is -2.19. The van der Waals surface area contributed by atoms with Crippen molar-refractivity contribution >= 4 is 10.9 Å². The van der Waals surface area contributed by atoms with Gasteiger partial charge in [0.25, 0.3) is 0 Å². The van der Waals surface area contributed by atoms with Crippen molar-refractivity contribution in [2.24, 2.45) is 0 Å². The molecule has 0 saturated carbocycles. The molecule has 7 heteroatoms. The maximum Gasteiger partial charge on any atom is 0.422 e. The molecule has 0 amide bonds. The molecule has 2 aromatic heterocycles. The normalized spacial score (nSPS) is 11.8. The zero-order valence-corrected chi connectivity index (χ0v) is 10.7. The third-order valence-corrected chi connectivity index (χ3v) is 2.82. The summed E-state index contributed by atoms with van der Waals surface area (Å²) in [4.78, 5) is 8.07. The minimum Gasteiger partial charge on any atom is -0.468 e. The van der Waals surface area contributed by atoms with Crippen molar-refractivity contribution in [3.05, 3.63) is 48.8 Å². The van der Waals surface area contributed by atoms with Gasteiger partial charge in [0.1, 0.15) is 0 Å². The van der Waals surface area contributed by atoms with E-state index in [2.05, 4.69) is 14.7 Å². The number of hydrogen-bond acceptors (Lipinski definition) is 3. The van der Waals surface area contributed by atoms with Crippen LogP contribution < -0.4 is 4.74 Å². The first-order chi connectivity index (χ1) is 10.0. The van der Waals surface area contributed by atoms with Gasteiger partial charge < -0.3 is 4.74 Å². The molecule has 0 aliphatic heterocycles. The molecule has 0 N–H and O–H groups in total. The highest BCUT2D eigenvalue weighted by Gasteiger charge is 2.28. The number of fused-ring (bicyclic) bond motifs is 1. The molecule has 0 aliphatic rings. The fourth-order valence-corrected chi connectivity index (χ4v) is 1.94. The van der Waals surface area contributed by atoms with E-state index in [4.69, 9.17) is 0 Å². The molecule has 0 radical (unpaired) electrons. The molecule has 3 aromatic rings. The van der Waals surface area contributed by atoms with E-state index >= 15 is 0 Å². The Kier molecular flexibility index (Phi) is 3.25. The van der Waals surface area contributed by atoms with Crippen LogP contribution in [0.25, 0.3) is 16.9 Å². The predicted molar refractivity (Wildman–Crippen MR) is 70.4 cm³/mol. The second-order valence-corrected chi connectivity index (χ2v) is 4.34. The molecule has 0 unspecified atom stereocenters. The topological polar surface area (TPSA) is 39.9 Å². The third kappa shape index (κ3) is 2.96. The lowest BCUT2D eigenvalue weighted by molar-refractivity contribution is -0.154. The van der Waals surface area contributed by atoms with Gasteiger partial charge in [-0.1, -0.05) is 18.2 Å². The summed E-state index contributed by atoms with van der Waals surface area (Å²) in [7, 11) is 0. The molecule has 0 saturated heterocycles. The molecular formula is C14H10F3N3O. The van der Waals surface area contributed by atoms with Crippen molar-refractivity contribution in [3.63, 3.8) is 0 Å². The van der Waals surface area contributed by atoms with Crippen LogP contribution in [0.2, 0.25) is 0 Å². The molecule has 0 bridgehead atoms. The molecule has 21 heavy (non-hydrogen) atoms. The number of nitrogens with zero attached hydrogens (tertiary/aromatic N) is 3. The van der Waals surface area contributed by atoms with E-state index in [1.54, 1.807) is 10.8 Å². The molecule has 0 spiro atoms. The van der Waals surface area contributed by atoms with Crippen LogP contribution in [0.3, 0.4) is 0 Å². The van der Waals surface area contributed by atoms with Crippen LogP contribution in [0.4, 0.5) is 13.2 Å². The Bertz CT molecular complexity index is 767. The SMILES string of the molecule is FC(F)(F)COc1ccnc(-n2ccc3ccccc32)n1. The van der Waals surface area contributed by atoms with E-state index in [1.807, 2.05) is 30.3 Å². The molecule has 3 rings (SSSR count). The first-order valence-corrected chi connectivity index (χ1v) is 6.12. The number of benzene rings is 1. The zero-order chi connectivity index (χ0) is 14.9. The van der Waals surface area contributed by atoms with Gasteiger partial charge in [0.2, 0.25) is 11.8 Å². The second-order valence-electron chi connectivity index (χ2n) is 4.34. The summed E-state index contributed by atoms with van der Waals surface area (Å²) < 4.78 is 42.8. The van der Waals surface area contributed by atoms with Crippen molar-refractivity contribution in [1.29, 1.82) is 0 Å². The molecule has 0 fully saturated rings. The Morgan fingerprint density at radius 3 is 2.71 bits per heavy atom. The Labute approximate surface area is 117 Å². The molecule has 0 atom stereocenters. The lowest BCUT2D eigenvalue weighted by atomic mass is 10.2. The van der Waals surface area contributed by atoms with Crippen LogP contribution in [0.1, 0.15) is 0 Å². The highest BCUT2D eigenvalue weighted by Crippen LogP contribution is 2.20. The minimum absolute atomic E-state index is 0.116. The van der Waals surface area contributed by atoms with E-state index in [0.717, 1.165) is 10.9 Å². The first-order valence-electron chi connectivity index (χ1n) is 6.12. The molecule has 0 aliphatic carbocycles. The van der Waals surface area contributed by atoms with Crippen molar-refractivity contribution in [2.75, 3.05) is 6.61 Å². The largest absolute Gasteiger partial charge is 0.468 e. The monoisotopic (exact) mass is 293 g/mol. The summed E-state index contributed by atoms with van der Waals surface area (Å²) >= 11 is 0. The number of aromatic nitrogens is 3. The van der Waals surface area contributed by atoms with Crippen molar-refractivity contribution in [3.8, 4) is 11.8 Å². The molecule has 108 valence electrons. The Morgan fingerprint density at radius 1 is 1.10 bits per heavy atom. The van der Waals surface area contributed by atoms with Gasteiger partial charge in [-0.3, -0.25) is 4.57 Å². The number of rotatable bonds is 3. The Hall–Kier alpha value is -2.57. The van der Waals surface area contributed by atoms with Gasteiger partial charge in [0.15, 0.2) is 6.61 Å².